The van der Waals surface area contributed by atoms with Gasteiger partial charge < -0.3 is 15.2 Å². The van der Waals surface area contributed by atoms with Crippen LogP contribution in [0, 0.1) is 0 Å². The number of carbonyl (C=O) groups is 2. The fraction of sp³-hybridized carbons (Fsp3) is 0.579. The van der Waals surface area contributed by atoms with E-state index < -0.39 is 5.97 Å². The first-order valence-electron chi connectivity index (χ1n) is 8.95. The van der Waals surface area contributed by atoms with Crippen molar-refractivity contribution in [3.8, 4) is 0 Å². The van der Waals surface area contributed by atoms with Crippen molar-refractivity contribution in [2.45, 2.75) is 50.3 Å². The standard InChI is InChI=1S/C19H26N2O4/c1-25-15-8-9-21(12-15)17-7-3-6-16(17)20-18(22)11-13-4-2-5-14(10-13)19(23)24/h2,4-5,10,15-17H,3,6-9,11-12H2,1H3,(H,20,22)(H,23,24)/t15?,16-,17+/m0/s1. The number of amides is 1. The second-order valence-electron chi connectivity index (χ2n) is 7.00. The zero-order valence-corrected chi connectivity index (χ0v) is 14.6. The molecule has 1 aliphatic heterocycles. The first-order chi connectivity index (χ1) is 12.1. The molecule has 2 fully saturated rings. The molecule has 3 atom stereocenters. The van der Waals surface area contributed by atoms with Crippen molar-refractivity contribution in [2.24, 2.45) is 0 Å². The number of rotatable bonds is 6. The Kier molecular flexibility index (Phi) is 5.71. The summed E-state index contributed by atoms with van der Waals surface area (Å²) >= 11 is 0. The van der Waals surface area contributed by atoms with Gasteiger partial charge in [-0.15, -0.1) is 0 Å². The van der Waals surface area contributed by atoms with Crippen LogP contribution in [0.5, 0.6) is 0 Å². The summed E-state index contributed by atoms with van der Waals surface area (Å²) in [7, 11) is 1.76. The van der Waals surface area contributed by atoms with Gasteiger partial charge in [-0.1, -0.05) is 12.1 Å². The van der Waals surface area contributed by atoms with Crippen LogP contribution in [-0.2, 0) is 16.0 Å². The van der Waals surface area contributed by atoms with E-state index in [9.17, 15) is 9.59 Å². The zero-order chi connectivity index (χ0) is 17.8. The van der Waals surface area contributed by atoms with Gasteiger partial charge in [0.25, 0.3) is 0 Å². The molecule has 2 N–H and O–H groups in total. The Morgan fingerprint density at radius 2 is 2.16 bits per heavy atom. The molecule has 6 heteroatoms. The third kappa shape index (κ3) is 4.38. The fourth-order valence-electron chi connectivity index (χ4n) is 4.05. The summed E-state index contributed by atoms with van der Waals surface area (Å²) in [4.78, 5) is 25.9. The zero-order valence-electron chi connectivity index (χ0n) is 14.6. The summed E-state index contributed by atoms with van der Waals surface area (Å²) in [5, 5.41) is 12.2. The fourth-order valence-corrected chi connectivity index (χ4v) is 4.05. The van der Waals surface area contributed by atoms with Crippen LogP contribution in [0.1, 0.15) is 41.6 Å². The van der Waals surface area contributed by atoms with Gasteiger partial charge in [0.05, 0.1) is 18.1 Å². The number of hydrogen-bond acceptors (Lipinski definition) is 4. The molecule has 1 amide bonds. The number of hydrogen-bond donors (Lipinski definition) is 2. The molecule has 2 aliphatic rings. The van der Waals surface area contributed by atoms with E-state index >= 15 is 0 Å². The van der Waals surface area contributed by atoms with Gasteiger partial charge >= 0.3 is 5.97 Å². The molecule has 136 valence electrons. The van der Waals surface area contributed by atoms with Gasteiger partial charge in [0.2, 0.25) is 5.91 Å². The molecule has 25 heavy (non-hydrogen) atoms. The highest BCUT2D eigenvalue weighted by Gasteiger charge is 2.36. The van der Waals surface area contributed by atoms with Crippen LogP contribution in [0.25, 0.3) is 0 Å². The second-order valence-corrected chi connectivity index (χ2v) is 7.00. The van der Waals surface area contributed by atoms with E-state index in [0.717, 1.165) is 44.3 Å². The highest BCUT2D eigenvalue weighted by atomic mass is 16.5. The molecule has 1 heterocycles. The van der Waals surface area contributed by atoms with Crippen LogP contribution in [-0.4, -0.2) is 60.3 Å². The monoisotopic (exact) mass is 346 g/mol. The third-order valence-corrected chi connectivity index (χ3v) is 5.34. The lowest BCUT2D eigenvalue weighted by Crippen LogP contribution is -2.48. The average Bonchev–Trinajstić information content (AvgIpc) is 3.23. The quantitative estimate of drug-likeness (QED) is 0.819. The Morgan fingerprint density at radius 3 is 2.88 bits per heavy atom. The van der Waals surface area contributed by atoms with Gasteiger partial charge in [-0.05, 0) is 43.4 Å². The lowest BCUT2D eigenvalue weighted by Gasteiger charge is -2.30. The Bertz CT molecular complexity index is 634. The number of ether oxygens (including phenoxy) is 1. The van der Waals surface area contributed by atoms with Crippen molar-refractivity contribution in [3.63, 3.8) is 0 Å². The molecule has 6 nitrogen and oxygen atoms in total. The van der Waals surface area contributed by atoms with Gasteiger partial charge in [-0.2, -0.15) is 0 Å². The Labute approximate surface area is 148 Å². The highest BCUT2D eigenvalue weighted by Crippen LogP contribution is 2.28. The molecule has 1 saturated carbocycles. The minimum absolute atomic E-state index is 0.0399. The Morgan fingerprint density at radius 1 is 1.32 bits per heavy atom. The molecule has 1 aliphatic carbocycles. The number of aromatic carboxylic acids is 1. The minimum atomic E-state index is -0.972. The molecule has 1 aromatic rings. The average molecular weight is 346 g/mol. The molecule has 0 spiro atoms. The van der Waals surface area contributed by atoms with Gasteiger partial charge in [-0.3, -0.25) is 9.69 Å². The molecule has 1 aromatic carbocycles. The predicted octanol–water partition coefficient (Wildman–Crippen LogP) is 1.69. The number of carboxylic acids is 1. The van der Waals surface area contributed by atoms with Crippen LogP contribution in [0.2, 0.25) is 0 Å². The van der Waals surface area contributed by atoms with Crippen LogP contribution < -0.4 is 5.32 Å². The maximum Gasteiger partial charge on any atom is 0.335 e. The van der Waals surface area contributed by atoms with E-state index in [1.165, 1.54) is 6.07 Å². The van der Waals surface area contributed by atoms with Crippen molar-refractivity contribution < 1.29 is 19.4 Å². The molecule has 1 unspecified atom stereocenters. The number of likely N-dealkylation sites (tertiary alicyclic amines) is 1. The first kappa shape index (κ1) is 17.9. The summed E-state index contributed by atoms with van der Waals surface area (Å²) in [5.74, 6) is -1.01. The number of benzene rings is 1. The summed E-state index contributed by atoms with van der Waals surface area (Å²) < 4.78 is 5.45. The third-order valence-electron chi connectivity index (χ3n) is 5.34. The topological polar surface area (TPSA) is 78.9 Å². The largest absolute Gasteiger partial charge is 0.478 e. The summed E-state index contributed by atoms with van der Waals surface area (Å²) in [5.41, 5.74) is 0.944. The van der Waals surface area contributed by atoms with E-state index in [4.69, 9.17) is 9.84 Å². The normalized spacial score (nSPS) is 26.7. The smallest absolute Gasteiger partial charge is 0.335 e. The molecule has 0 bridgehead atoms. The van der Waals surface area contributed by atoms with Gasteiger partial charge in [-0.25, -0.2) is 4.79 Å². The van der Waals surface area contributed by atoms with Crippen LogP contribution in [0.4, 0.5) is 0 Å². The van der Waals surface area contributed by atoms with E-state index in [0.29, 0.717) is 12.1 Å². The van der Waals surface area contributed by atoms with Crippen molar-refractivity contribution in [1.29, 1.82) is 0 Å². The lowest BCUT2D eigenvalue weighted by molar-refractivity contribution is -0.121. The van der Waals surface area contributed by atoms with Crippen LogP contribution >= 0.6 is 0 Å². The number of carboxylic acid groups (broad SMARTS) is 1. The van der Waals surface area contributed by atoms with Gasteiger partial charge in [0, 0.05) is 32.3 Å². The van der Waals surface area contributed by atoms with E-state index in [-0.39, 0.29) is 23.9 Å². The number of nitrogens with zero attached hydrogens (tertiary/aromatic N) is 1. The van der Waals surface area contributed by atoms with E-state index in [1.807, 2.05) is 0 Å². The summed E-state index contributed by atoms with van der Waals surface area (Å²) in [6.07, 6.45) is 4.80. The highest BCUT2D eigenvalue weighted by molar-refractivity contribution is 5.88. The Balaban J connectivity index is 1.57. The van der Waals surface area contributed by atoms with Crippen molar-refractivity contribution in [2.75, 3.05) is 20.2 Å². The minimum Gasteiger partial charge on any atom is -0.478 e. The Hall–Kier alpha value is -1.92. The number of methoxy groups -OCH3 is 1. The van der Waals surface area contributed by atoms with Crippen LogP contribution in [0.3, 0.4) is 0 Å². The number of nitrogens with one attached hydrogen (secondary N) is 1. The molecular formula is C19H26N2O4. The summed E-state index contributed by atoms with van der Waals surface area (Å²) in [6.45, 7) is 1.96. The van der Waals surface area contributed by atoms with Gasteiger partial charge in [0.1, 0.15) is 0 Å². The molecule has 1 saturated heterocycles. The second kappa shape index (κ2) is 7.97. The SMILES string of the molecule is COC1CCN([C@@H]2CCC[C@@H]2NC(=O)Cc2cccc(C(=O)O)c2)C1. The van der Waals surface area contributed by atoms with E-state index in [2.05, 4.69) is 10.2 Å². The van der Waals surface area contributed by atoms with Crippen LogP contribution in [0.15, 0.2) is 24.3 Å². The number of carbonyl (C=O) groups excluding carboxylic acids is 1. The van der Waals surface area contributed by atoms with Crippen molar-refractivity contribution in [3.05, 3.63) is 35.4 Å². The lowest BCUT2D eigenvalue weighted by atomic mass is 10.1. The summed E-state index contributed by atoms with van der Waals surface area (Å²) in [6, 6.07) is 7.13. The van der Waals surface area contributed by atoms with Gasteiger partial charge in [0.15, 0.2) is 0 Å². The molecule has 3 rings (SSSR count). The molecule has 0 radical (unpaired) electrons. The maximum atomic E-state index is 12.4. The maximum absolute atomic E-state index is 12.4. The molecular weight excluding hydrogens is 320 g/mol. The molecule has 0 aromatic heterocycles. The first-order valence-corrected chi connectivity index (χ1v) is 8.95. The van der Waals surface area contributed by atoms with E-state index in [1.54, 1.807) is 25.3 Å². The van der Waals surface area contributed by atoms with Crippen molar-refractivity contribution in [1.82, 2.24) is 10.2 Å². The van der Waals surface area contributed by atoms with Crippen molar-refractivity contribution >= 4 is 11.9 Å². The predicted molar refractivity (Wildman–Crippen MR) is 93.7 cm³/mol.